The van der Waals surface area contributed by atoms with Crippen LogP contribution in [0.4, 0.5) is 11.4 Å². The maximum absolute atomic E-state index is 12.9. The van der Waals surface area contributed by atoms with Gasteiger partial charge in [-0.25, -0.2) is 13.6 Å². The van der Waals surface area contributed by atoms with Gasteiger partial charge in [0.05, 0.1) is 36.0 Å². The van der Waals surface area contributed by atoms with Gasteiger partial charge >= 0.3 is 0 Å². The number of carbonyl (C=O) groups is 1. The molecule has 2 aliphatic rings. The molecule has 12 heteroatoms. The summed E-state index contributed by atoms with van der Waals surface area (Å²) in [6.45, 7) is 0.731. The monoisotopic (exact) mass is 477 g/mol. The van der Waals surface area contributed by atoms with E-state index in [0.717, 1.165) is 6.07 Å². The Hall–Kier alpha value is -3.38. The van der Waals surface area contributed by atoms with Gasteiger partial charge in [0.15, 0.2) is 17.3 Å². The number of fused-ring (bicyclic) bond motifs is 1. The lowest BCUT2D eigenvalue weighted by Gasteiger charge is -2.44. The number of piperidine rings is 1. The molecule has 1 saturated heterocycles. The van der Waals surface area contributed by atoms with Crippen LogP contribution in [0.2, 0.25) is 0 Å². The van der Waals surface area contributed by atoms with Crippen LogP contribution in [0.3, 0.4) is 0 Å². The summed E-state index contributed by atoms with van der Waals surface area (Å²) < 4.78 is 40.3. The molecule has 176 valence electrons. The van der Waals surface area contributed by atoms with Gasteiger partial charge in [-0.05, 0) is 24.3 Å². The lowest BCUT2D eigenvalue weighted by atomic mass is 9.82. The van der Waals surface area contributed by atoms with Crippen molar-refractivity contribution in [3.8, 4) is 17.2 Å². The minimum Gasteiger partial charge on any atom is -0.493 e. The molecule has 0 radical (unpaired) electrons. The van der Waals surface area contributed by atoms with Crippen LogP contribution in [0.5, 0.6) is 17.2 Å². The maximum atomic E-state index is 12.9. The molecular weight excluding hydrogens is 454 g/mol. The number of hydrogen-bond donors (Lipinski definition) is 1. The van der Waals surface area contributed by atoms with Crippen LogP contribution in [0.25, 0.3) is 0 Å². The average Bonchev–Trinajstić information content (AvgIpc) is 2.77. The molecule has 11 nitrogen and oxygen atoms in total. The van der Waals surface area contributed by atoms with Crippen LogP contribution in [0, 0.1) is 10.1 Å². The van der Waals surface area contributed by atoms with E-state index in [4.69, 9.17) is 19.3 Å². The fraction of sp³-hybridized carbons (Fsp3) is 0.381. The molecule has 0 atom stereocenters. The van der Waals surface area contributed by atoms with Crippen molar-refractivity contribution in [2.24, 2.45) is 5.14 Å². The summed E-state index contributed by atoms with van der Waals surface area (Å²) in [4.78, 5) is 25.3. The number of anilines is 1. The zero-order chi connectivity index (χ0) is 24.0. The number of primary sulfonamides is 1. The molecule has 4 rings (SSSR count). The summed E-state index contributed by atoms with van der Waals surface area (Å²) in [5.41, 5.74) is -0.427. The number of ether oxygens (including phenoxy) is 3. The Bertz CT molecular complexity index is 1240. The highest BCUT2D eigenvalue weighted by molar-refractivity contribution is 7.89. The molecule has 0 aromatic heterocycles. The van der Waals surface area contributed by atoms with Gasteiger partial charge in [-0.15, -0.1) is 0 Å². The topological polar surface area (TPSA) is 151 Å². The number of Topliss-reactive ketones (excluding diaryl/α,β-unsaturated/α-hetero) is 1. The van der Waals surface area contributed by atoms with Gasteiger partial charge in [0.25, 0.3) is 5.69 Å². The van der Waals surface area contributed by atoms with Crippen LogP contribution < -0.4 is 24.2 Å². The standard InChI is InChI=1S/C21H23N3O8S/c1-30-18-6-4-14-17(25)12-21(32-19(14)20(18)31-2)7-9-23(10-8-21)15-5-3-13(33(22,28)29)11-16(15)24(26)27/h3-6,11H,7-10,12H2,1-2H3,(H2,22,28,29). The van der Waals surface area contributed by atoms with E-state index in [1.807, 2.05) is 0 Å². The molecule has 1 spiro atoms. The van der Waals surface area contributed by atoms with Crippen molar-refractivity contribution in [1.82, 2.24) is 0 Å². The highest BCUT2D eigenvalue weighted by Gasteiger charge is 2.45. The number of rotatable bonds is 5. The predicted octanol–water partition coefficient (Wildman–Crippen LogP) is 2.26. The Labute approximate surface area is 190 Å². The van der Waals surface area contributed by atoms with Crippen LogP contribution in [0.15, 0.2) is 35.2 Å². The summed E-state index contributed by atoms with van der Waals surface area (Å²) in [5.74, 6) is 1.06. The number of nitro benzene ring substituents is 1. The SMILES string of the molecule is COc1ccc2c(c1OC)OC1(CCN(c3ccc(S(N)(=O)=O)cc3[N+](=O)[O-])CC1)CC2=O. The van der Waals surface area contributed by atoms with E-state index in [0.29, 0.717) is 48.7 Å². The Morgan fingerprint density at radius 2 is 1.85 bits per heavy atom. The van der Waals surface area contributed by atoms with Crippen molar-refractivity contribution in [3.05, 3.63) is 46.0 Å². The van der Waals surface area contributed by atoms with Gasteiger partial charge < -0.3 is 19.1 Å². The molecule has 2 aromatic carbocycles. The Morgan fingerprint density at radius 3 is 2.42 bits per heavy atom. The number of ketones is 1. The van der Waals surface area contributed by atoms with Crippen LogP contribution >= 0.6 is 0 Å². The third-order valence-corrected chi connectivity index (χ3v) is 7.00. The van der Waals surface area contributed by atoms with E-state index in [-0.39, 0.29) is 28.5 Å². The lowest BCUT2D eigenvalue weighted by Crippen LogP contribution is -2.51. The van der Waals surface area contributed by atoms with Crippen molar-refractivity contribution < 1.29 is 32.3 Å². The summed E-state index contributed by atoms with van der Waals surface area (Å²) in [6, 6.07) is 6.90. The number of benzene rings is 2. The third-order valence-electron chi connectivity index (χ3n) is 6.09. The second-order valence-corrected chi connectivity index (χ2v) is 9.56. The average molecular weight is 477 g/mol. The van der Waals surface area contributed by atoms with Crippen molar-refractivity contribution in [3.63, 3.8) is 0 Å². The molecule has 1 fully saturated rings. The quantitative estimate of drug-likeness (QED) is 0.505. The fourth-order valence-corrected chi connectivity index (χ4v) is 4.92. The normalized spacial score (nSPS) is 17.3. The van der Waals surface area contributed by atoms with E-state index < -0.39 is 20.5 Å². The second-order valence-electron chi connectivity index (χ2n) is 8.00. The Morgan fingerprint density at radius 1 is 1.15 bits per heavy atom. The van der Waals surface area contributed by atoms with Crippen LogP contribution in [-0.2, 0) is 10.0 Å². The van der Waals surface area contributed by atoms with Crippen LogP contribution in [-0.4, -0.2) is 52.0 Å². The van der Waals surface area contributed by atoms with Gasteiger partial charge in [-0.3, -0.25) is 14.9 Å². The summed E-state index contributed by atoms with van der Waals surface area (Å²) in [7, 11) is -1.11. The Kier molecular flexibility index (Phi) is 5.66. The summed E-state index contributed by atoms with van der Waals surface area (Å²) in [6.07, 6.45) is 1.02. The van der Waals surface area contributed by atoms with E-state index in [1.165, 1.54) is 26.4 Å². The molecule has 0 unspecified atom stereocenters. The highest BCUT2D eigenvalue weighted by atomic mass is 32.2. The zero-order valence-corrected chi connectivity index (χ0v) is 18.9. The number of carbonyl (C=O) groups excluding carboxylic acids is 1. The number of nitrogens with zero attached hydrogens (tertiary/aromatic N) is 2. The number of methoxy groups -OCH3 is 2. The smallest absolute Gasteiger partial charge is 0.293 e. The first kappa shape index (κ1) is 22.8. The number of nitrogens with two attached hydrogens (primary N) is 1. The fourth-order valence-electron chi connectivity index (χ4n) is 4.39. The highest BCUT2D eigenvalue weighted by Crippen LogP contribution is 2.48. The number of sulfonamides is 1. The number of nitro groups is 1. The molecule has 2 aromatic rings. The molecule has 0 amide bonds. The minimum atomic E-state index is -4.08. The molecule has 33 heavy (non-hydrogen) atoms. The molecular formula is C21H23N3O8S. The van der Waals surface area contributed by atoms with Crippen molar-refractivity contribution in [2.45, 2.75) is 29.8 Å². The molecule has 0 aliphatic carbocycles. The minimum absolute atomic E-state index is 0.0749. The molecule has 0 bridgehead atoms. The van der Waals surface area contributed by atoms with E-state index in [2.05, 4.69) is 0 Å². The Balaban J connectivity index is 1.61. The maximum Gasteiger partial charge on any atom is 0.293 e. The molecule has 2 N–H and O–H groups in total. The van der Waals surface area contributed by atoms with Gasteiger partial charge in [-0.2, -0.15) is 0 Å². The van der Waals surface area contributed by atoms with Gasteiger partial charge in [0.2, 0.25) is 15.8 Å². The third kappa shape index (κ3) is 4.07. The first-order valence-corrected chi connectivity index (χ1v) is 11.7. The van der Waals surface area contributed by atoms with Gasteiger partial charge in [0, 0.05) is 32.0 Å². The first-order valence-electron chi connectivity index (χ1n) is 10.1. The zero-order valence-electron chi connectivity index (χ0n) is 18.1. The van der Waals surface area contributed by atoms with Crippen molar-refractivity contribution >= 4 is 27.2 Å². The number of hydrogen-bond acceptors (Lipinski definition) is 9. The van der Waals surface area contributed by atoms with Crippen LogP contribution in [0.1, 0.15) is 29.6 Å². The van der Waals surface area contributed by atoms with Crippen molar-refractivity contribution in [2.75, 3.05) is 32.2 Å². The summed E-state index contributed by atoms with van der Waals surface area (Å²) >= 11 is 0. The van der Waals surface area contributed by atoms with E-state index in [9.17, 15) is 23.3 Å². The predicted molar refractivity (Wildman–Crippen MR) is 118 cm³/mol. The van der Waals surface area contributed by atoms with Crippen molar-refractivity contribution in [1.29, 1.82) is 0 Å². The van der Waals surface area contributed by atoms with Gasteiger partial charge in [-0.1, -0.05) is 0 Å². The lowest BCUT2D eigenvalue weighted by molar-refractivity contribution is -0.384. The largest absolute Gasteiger partial charge is 0.493 e. The summed E-state index contributed by atoms with van der Waals surface area (Å²) in [5, 5.41) is 16.7. The molecule has 0 saturated carbocycles. The van der Waals surface area contributed by atoms with Gasteiger partial charge in [0.1, 0.15) is 11.3 Å². The first-order chi connectivity index (χ1) is 15.6. The molecule has 2 heterocycles. The second kappa shape index (κ2) is 8.19. The van der Waals surface area contributed by atoms with E-state index >= 15 is 0 Å². The molecule has 2 aliphatic heterocycles. The van der Waals surface area contributed by atoms with E-state index in [1.54, 1.807) is 17.0 Å².